The lowest BCUT2D eigenvalue weighted by Gasteiger charge is -2.36. The molecule has 40 heavy (non-hydrogen) atoms. The number of hydrogen-bond donors (Lipinski definition) is 1. The molecule has 0 unspecified atom stereocenters. The summed E-state index contributed by atoms with van der Waals surface area (Å²) >= 11 is 0. The van der Waals surface area contributed by atoms with E-state index in [9.17, 15) is 14.4 Å². The van der Waals surface area contributed by atoms with Crippen molar-refractivity contribution in [3.63, 3.8) is 0 Å². The molecule has 9 heteroatoms. The predicted octanol–water partition coefficient (Wildman–Crippen LogP) is 3.88. The largest absolute Gasteiger partial charge is 0.493 e. The van der Waals surface area contributed by atoms with Gasteiger partial charge in [0.05, 0.1) is 37.1 Å². The Morgan fingerprint density at radius 3 is 2.40 bits per heavy atom. The molecule has 214 valence electrons. The monoisotopic (exact) mass is 548 g/mol. The van der Waals surface area contributed by atoms with Crippen molar-refractivity contribution >= 4 is 23.4 Å². The fraction of sp³-hybridized carbons (Fsp3) is 0.516. The van der Waals surface area contributed by atoms with E-state index >= 15 is 0 Å². The molecular formula is C31H40N4O5. The molecule has 2 fully saturated rings. The molecule has 1 atom stereocenters. The smallest absolute Gasteiger partial charge is 0.264 e. The number of carbonyl (C=O) groups is 3. The molecule has 1 saturated heterocycles. The molecule has 0 aromatic heterocycles. The Balaban J connectivity index is 1.41. The number of benzene rings is 2. The maximum atomic E-state index is 14.1. The fourth-order valence-corrected chi connectivity index (χ4v) is 5.96. The second-order valence-corrected chi connectivity index (χ2v) is 10.8. The zero-order valence-corrected chi connectivity index (χ0v) is 23.8. The van der Waals surface area contributed by atoms with Crippen molar-refractivity contribution in [1.29, 1.82) is 0 Å². The van der Waals surface area contributed by atoms with Crippen LogP contribution in [0, 0.1) is 5.92 Å². The van der Waals surface area contributed by atoms with Crippen molar-refractivity contribution < 1.29 is 23.9 Å². The van der Waals surface area contributed by atoms with E-state index in [1.54, 1.807) is 26.4 Å². The Labute approximate surface area is 236 Å². The number of anilines is 1. The van der Waals surface area contributed by atoms with Crippen LogP contribution in [0.4, 0.5) is 5.69 Å². The van der Waals surface area contributed by atoms with Gasteiger partial charge in [0.25, 0.3) is 11.8 Å². The Hall–Kier alpha value is -3.59. The fourth-order valence-electron chi connectivity index (χ4n) is 5.96. The first kappa shape index (κ1) is 28.0. The van der Waals surface area contributed by atoms with Gasteiger partial charge in [-0.15, -0.1) is 0 Å². The van der Waals surface area contributed by atoms with Gasteiger partial charge in [-0.2, -0.15) is 0 Å². The summed E-state index contributed by atoms with van der Waals surface area (Å²) in [6.45, 7) is 7.12. The number of imide groups is 1. The van der Waals surface area contributed by atoms with Gasteiger partial charge < -0.3 is 24.6 Å². The number of nitrogens with zero attached hydrogens (tertiary/aromatic N) is 3. The van der Waals surface area contributed by atoms with Crippen LogP contribution in [0.2, 0.25) is 0 Å². The molecule has 3 aliphatic rings. The molecule has 2 aliphatic heterocycles. The standard InChI is InChI=1S/C31H40N4O5/c1-4-33-16-18-34(19-17-33)25-11-6-10-23-28(25)31(38)35(30(23)37)24(12-7-15-32-29(36)21-8-5-9-21)22-13-14-26(39-2)27(20-22)40-3/h6,10-11,13-14,20-21,24H,4-5,7-9,12,15-19H2,1-3H3,(H,32,36)/t24-/m1/s1. The molecule has 1 aliphatic carbocycles. The second kappa shape index (κ2) is 12.3. The molecule has 5 rings (SSSR count). The van der Waals surface area contributed by atoms with Crippen molar-refractivity contribution in [1.82, 2.24) is 15.1 Å². The van der Waals surface area contributed by atoms with E-state index in [1.165, 1.54) is 4.90 Å². The summed E-state index contributed by atoms with van der Waals surface area (Å²) in [6, 6.07) is 10.6. The van der Waals surface area contributed by atoms with Gasteiger partial charge in [0.1, 0.15) is 0 Å². The molecular weight excluding hydrogens is 508 g/mol. The molecule has 3 amide bonds. The summed E-state index contributed by atoms with van der Waals surface area (Å²) in [4.78, 5) is 46.3. The van der Waals surface area contributed by atoms with Gasteiger partial charge in [-0.25, -0.2) is 0 Å². The number of rotatable bonds is 11. The summed E-state index contributed by atoms with van der Waals surface area (Å²) < 4.78 is 11.0. The topological polar surface area (TPSA) is 91.4 Å². The third kappa shape index (κ3) is 5.39. The van der Waals surface area contributed by atoms with Gasteiger partial charge in [-0.3, -0.25) is 19.3 Å². The lowest BCUT2D eigenvalue weighted by atomic mass is 9.85. The number of nitrogens with one attached hydrogen (secondary N) is 1. The first-order valence-corrected chi connectivity index (χ1v) is 14.4. The summed E-state index contributed by atoms with van der Waals surface area (Å²) in [5, 5.41) is 3.04. The highest BCUT2D eigenvalue weighted by Crippen LogP contribution is 2.40. The zero-order chi connectivity index (χ0) is 28.2. The maximum absolute atomic E-state index is 14.1. The number of likely N-dealkylation sites (N-methyl/N-ethyl adjacent to an activating group) is 1. The SMILES string of the molecule is CCN1CCN(c2cccc3c2C(=O)N([C@H](CCCNC(=O)C2CCC2)c2ccc(OC)c(OC)c2)C3=O)CC1. The van der Waals surface area contributed by atoms with Gasteiger partial charge >= 0.3 is 0 Å². The third-order valence-corrected chi connectivity index (χ3v) is 8.62. The minimum atomic E-state index is -0.516. The average molecular weight is 549 g/mol. The van der Waals surface area contributed by atoms with Gasteiger partial charge in [-0.1, -0.05) is 25.5 Å². The summed E-state index contributed by atoms with van der Waals surface area (Å²) in [5.41, 5.74) is 2.55. The third-order valence-electron chi connectivity index (χ3n) is 8.62. The van der Waals surface area contributed by atoms with E-state index in [1.807, 2.05) is 24.3 Å². The number of amides is 3. The molecule has 2 aromatic carbocycles. The van der Waals surface area contributed by atoms with E-state index in [2.05, 4.69) is 22.0 Å². The van der Waals surface area contributed by atoms with E-state index in [0.29, 0.717) is 42.0 Å². The first-order chi connectivity index (χ1) is 19.5. The van der Waals surface area contributed by atoms with E-state index in [0.717, 1.165) is 63.2 Å². The Bertz CT molecular complexity index is 1250. The van der Waals surface area contributed by atoms with Crippen molar-refractivity contribution in [2.75, 3.05) is 58.4 Å². The minimum Gasteiger partial charge on any atom is -0.493 e. The van der Waals surface area contributed by atoms with E-state index in [-0.39, 0.29) is 23.6 Å². The molecule has 0 bridgehead atoms. The van der Waals surface area contributed by atoms with E-state index in [4.69, 9.17) is 9.47 Å². The highest BCUT2D eigenvalue weighted by molar-refractivity contribution is 6.24. The number of piperazine rings is 1. The minimum absolute atomic E-state index is 0.0995. The lowest BCUT2D eigenvalue weighted by Crippen LogP contribution is -2.46. The number of carbonyl (C=O) groups excluding carboxylic acids is 3. The number of fused-ring (bicyclic) bond motifs is 1. The number of hydrogen-bond acceptors (Lipinski definition) is 7. The van der Waals surface area contributed by atoms with Crippen LogP contribution in [0.3, 0.4) is 0 Å². The Morgan fingerprint density at radius 2 is 1.75 bits per heavy atom. The molecule has 0 radical (unpaired) electrons. The van der Waals surface area contributed by atoms with Crippen LogP contribution in [-0.4, -0.2) is 81.0 Å². The molecule has 2 aromatic rings. The predicted molar refractivity (Wildman–Crippen MR) is 153 cm³/mol. The maximum Gasteiger partial charge on any atom is 0.264 e. The van der Waals surface area contributed by atoms with Crippen molar-refractivity contribution in [2.24, 2.45) is 5.92 Å². The Kier molecular flexibility index (Phi) is 8.59. The quantitative estimate of drug-likeness (QED) is 0.337. The first-order valence-electron chi connectivity index (χ1n) is 14.4. The Morgan fingerprint density at radius 1 is 1.00 bits per heavy atom. The zero-order valence-electron chi connectivity index (χ0n) is 23.8. The van der Waals surface area contributed by atoms with Gasteiger partial charge in [0, 0.05) is 38.6 Å². The van der Waals surface area contributed by atoms with Gasteiger partial charge in [-0.05, 0) is 62.1 Å². The normalized spacial score (nSPS) is 18.4. The van der Waals surface area contributed by atoms with Crippen molar-refractivity contribution in [2.45, 2.75) is 45.1 Å². The number of ether oxygens (including phenoxy) is 2. The number of methoxy groups -OCH3 is 2. The molecule has 1 saturated carbocycles. The van der Waals surface area contributed by atoms with Crippen LogP contribution >= 0.6 is 0 Å². The molecule has 1 N–H and O–H groups in total. The molecule has 0 spiro atoms. The van der Waals surface area contributed by atoms with Crippen LogP contribution in [0.1, 0.15) is 71.3 Å². The second-order valence-electron chi connectivity index (χ2n) is 10.8. The van der Waals surface area contributed by atoms with Crippen molar-refractivity contribution in [3.8, 4) is 11.5 Å². The van der Waals surface area contributed by atoms with Crippen LogP contribution in [0.15, 0.2) is 36.4 Å². The van der Waals surface area contributed by atoms with Crippen LogP contribution in [0.25, 0.3) is 0 Å². The van der Waals surface area contributed by atoms with E-state index < -0.39 is 6.04 Å². The highest BCUT2D eigenvalue weighted by Gasteiger charge is 2.43. The van der Waals surface area contributed by atoms with Crippen LogP contribution < -0.4 is 19.7 Å². The molecule has 2 heterocycles. The van der Waals surface area contributed by atoms with Crippen LogP contribution in [0.5, 0.6) is 11.5 Å². The van der Waals surface area contributed by atoms with Gasteiger partial charge in [0.2, 0.25) is 5.91 Å². The van der Waals surface area contributed by atoms with Crippen LogP contribution in [-0.2, 0) is 4.79 Å². The summed E-state index contributed by atoms with van der Waals surface area (Å²) in [7, 11) is 3.14. The van der Waals surface area contributed by atoms with Gasteiger partial charge in [0.15, 0.2) is 11.5 Å². The summed E-state index contributed by atoms with van der Waals surface area (Å²) in [6.07, 6.45) is 4.14. The summed E-state index contributed by atoms with van der Waals surface area (Å²) in [5.74, 6) is 0.778. The lowest BCUT2D eigenvalue weighted by molar-refractivity contribution is -0.127. The van der Waals surface area contributed by atoms with Crippen molar-refractivity contribution in [3.05, 3.63) is 53.1 Å². The highest BCUT2D eigenvalue weighted by atomic mass is 16.5. The molecule has 9 nitrogen and oxygen atoms in total. The average Bonchev–Trinajstić information content (AvgIpc) is 3.21.